The second-order valence-corrected chi connectivity index (χ2v) is 4.01. The number of nitro groups is 1. The topological polar surface area (TPSA) is 78.2 Å². The molecule has 0 fully saturated rings. The lowest BCUT2D eigenvalue weighted by Crippen LogP contribution is -1.96. The summed E-state index contributed by atoms with van der Waals surface area (Å²) in [5.74, 6) is 0.811. The summed E-state index contributed by atoms with van der Waals surface area (Å²) in [5, 5.41) is 10.9. The van der Waals surface area contributed by atoms with E-state index in [-0.39, 0.29) is 5.69 Å². The first kappa shape index (κ1) is 13.2. The number of nitrogens with zero attached hydrogens (tertiary/aromatic N) is 3. The van der Waals surface area contributed by atoms with E-state index in [1.165, 1.54) is 30.6 Å². The average Bonchev–Trinajstić information content (AvgIpc) is 2.39. The van der Waals surface area contributed by atoms with Crippen LogP contribution in [-0.4, -0.2) is 14.9 Å². The summed E-state index contributed by atoms with van der Waals surface area (Å²) >= 11 is 5.94. The van der Waals surface area contributed by atoms with Crippen LogP contribution in [0.3, 0.4) is 0 Å². The Balaban J connectivity index is 2.26. The van der Waals surface area contributed by atoms with E-state index in [1.807, 2.05) is 6.92 Å². The van der Waals surface area contributed by atoms with E-state index in [2.05, 4.69) is 9.97 Å². The summed E-state index contributed by atoms with van der Waals surface area (Å²) in [6, 6.07) is 5.74. The number of hydrogen-bond donors (Lipinski definition) is 0. The smallest absolute Gasteiger partial charge is 0.269 e. The molecule has 19 heavy (non-hydrogen) atoms. The van der Waals surface area contributed by atoms with Gasteiger partial charge in [-0.05, 0) is 18.6 Å². The summed E-state index contributed by atoms with van der Waals surface area (Å²) in [5.41, 5.74) is 0.700. The molecule has 0 spiro atoms. The number of rotatable bonds is 4. The number of nitro benzene ring substituents is 1. The highest BCUT2D eigenvalue weighted by Gasteiger charge is 2.11. The van der Waals surface area contributed by atoms with Gasteiger partial charge in [0, 0.05) is 12.1 Å². The Kier molecular flexibility index (Phi) is 3.91. The third-order valence-electron chi connectivity index (χ3n) is 2.47. The van der Waals surface area contributed by atoms with Gasteiger partial charge in [0.15, 0.2) is 0 Å². The van der Waals surface area contributed by atoms with Crippen molar-refractivity contribution >= 4 is 17.3 Å². The molecule has 0 bridgehead atoms. The van der Waals surface area contributed by atoms with Crippen molar-refractivity contribution in [2.45, 2.75) is 13.3 Å². The predicted molar refractivity (Wildman–Crippen MR) is 69.6 cm³/mol. The quantitative estimate of drug-likeness (QED) is 0.487. The fourth-order valence-electron chi connectivity index (χ4n) is 1.51. The first-order valence-corrected chi connectivity index (χ1v) is 5.91. The fraction of sp³-hybridized carbons (Fsp3) is 0.167. The van der Waals surface area contributed by atoms with Gasteiger partial charge in [0.2, 0.25) is 5.88 Å². The average molecular weight is 280 g/mol. The summed E-state index contributed by atoms with van der Waals surface area (Å²) in [7, 11) is 0. The molecule has 1 aromatic carbocycles. The van der Waals surface area contributed by atoms with Crippen LogP contribution in [0.1, 0.15) is 12.5 Å². The number of non-ortho nitro benzene ring substituents is 1. The molecule has 0 aliphatic carbocycles. The molecule has 2 rings (SSSR count). The van der Waals surface area contributed by atoms with Crippen molar-refractivity contribution in [3.63, 3.8) is 0 Å². The van der Waals surface area contributed by atoms with Crippen molar-refractivity contribution in [3.05, 3.63) is 51.4 Å². The molecule has 2 aromatic rings. The van der Waals surface area contributed by atoms with Crippen LogP contribution in [0.4, 0.5) is 5.69 Å². The van der Waals surface area contributed by atoms with E-state index < -0.39 is 4.92 Å². The van der Waals surface area contributed by atoms with Gasteiger partial charge in [-0.3, -0.25) is 10.1 Å². The van der Waals surface area contributed by atoms with Gasteiger partial charge >= 0.3 is 0 Å². The Morgan fingerprint density at radius 2 is 2.00 bits per heavy atom. The van der Waals surface area contributed by atoms with Crippen molar-refractivity contribution < 1.29 is 9.66 Å². The SMILES string of the molecule is CCc1c(Cl)ncnc1Oc1ccc([N+](=O)[O-])cc1. The second kappa shape index (κ2) is 5.62. The lowest BCUT2D eigenvalue weighted by molar-refractivity contribution is -0.384. The van der Waals surface area contributed by atoms with Crippen LogP contribution in [0.15, 0.2) is 30.6 Å². The van der Waals surface area contributed by atoms with Crippen molar-refractivity contribution in [1.82, 2.24) is 9.97 Å². The van der Waals surface area contributed by atoms with E-state index in [9.17, 15) is 10.1 Å². The molecule has 0 atom stereocenters. The number of benzene rings is 1. The molecule has 0 saturated heterocycles. The Hall–Kier alpha value is -2.21. The lowest BCUT2D eigenvalue weighted by Gasteiger charge is -2.08. The highest BCUT2D eigenvalue weighted by atomic mass is 35.5. The monoisotopic (exact) mass is 279 g/mol. The van der Waals surface area contributed by atoms with E-state index in [1.54, 1.807) is 0 Å². The summed E-state index contributed by atoms with van der Waals surface area (Å²) < 4.78 is 5.56. The molecule has 6 nitrogen and oxygen atoms in total. The minimum absolute atomic E-state index is 0.00350. The zero-order chi connectivity index (χ0) is 13.8. The second-order valence-electron chi connectivity index (χ2n) is 3.65. The molecule has 0 aliphatic rings. The van der Waals surface area contributed by atoms with Crippen LogP contribution in [0.2, 0.25) is 5.15 Å². The fourth-order valence-corrected chi connectivity index (χ4v) is 1.77. The number of aromatic nitrogens is 2. The Bertz CT molecular complexity index is 602. The molecule has 98 valence electrons. The predicted octanol–water partition coefficient (Wildman–Crippen LogP) is 3.39. The molecule has 0 unspecified atom stereocenters. The maximum atomic E-state index is 10.5. The standard InChI is InChI=1S/C12H10ClN3O3/c1-2-10-11(13)14-7-15-12(10)19-9-5-3-8(4-6-9)16(17)18/h3-7H,2H2,1H3. The zero-order valence-electron chi connectivity index (χ0n) is 10.0. The van der Waals surface area contributed by atoms with Crippen LogP contribution < -0.4 is 4.74 Å². The van der Waals surface area contributed by atoms with Crippen LogP contribution in [0, 0.1) is 10.1 Å². The molecule has 0 aliphatic heterocycles. The van der Waals surface area contributed by atoms with Gasteiger partial charge in [0.25, 0.3) is 5.69 Å². The van der Waals surface area contributed by atoms with Gasteiger partial charge in [0.05, 0.1) is 10.5 Å². The first-order chi connectivity index (χ1) is 9.11. The Labute approximate surface area is 114 Å². The maximum absolute atomic E-state index is 10.5. The van der Waals surface area contributed by atoms with Gasteiger partial charge < -0.3 is 4.74 Å². The summed E-state index contributed by atoms with van der Waals surface area (Å²) in [4.78, 5) is 18.0. The minimum Gasteiger partial charge on any atom is -0.439 e. The molecule has 1 heterocycles. The van der Waals surface area contributed by atoms with Crippen LogP contribution in [-0.2, 0) is 6.42 Å². The molecule has 0 N–H and O–H groups in total. The largest absolute Gasteiger partial charge is 0.439 e. The third-order valence-corrected chi connectivity index (χ3v) is 2.79. The van der Waals surface area contributed by atoms with Crippen molar-refractivity contribution in [1.29, 1.82) is 0 Å². The van der Waals surface area contributed by atoms with Crippen molar-refractivity contribution in [3.8, 4) is 11.6 Å². The number of ether oxygens (including phenoxy) is 1. The first-order valence-electron chi connectivity index (χ1n) is 5.53. The molecule has 1 aromatic heterocycles. The maximum Gasteiger partial charge on any atom is 0.269 e. The normalized spacial score (nSPS) is 10.2. The van der Waals surface area contributed by atoms with Crippen molar-refractivity contribution in [2.75, 3.05) is 0 Å². The van der Waals surface area contributed by atoms with E-state index in [0.717, 1.165) is 0 Å². The van der Waals surface area contributed by atoms with Gasteiger partial charge in [-0.1, -0.05) is 18.5 Å². The Morgan fingerprint density at radius 3 is 2.58 bits per heavy atom. The van der Waals surface area contributed by atoms with E-state index >= 15 is 0 Å². The van der Waals surface area contributed by atoms with E-state index in [0.29, 0.717) is 28.8 Å². The van der Waals surface area contributed by atoms with E-state index in [4.69, 9.17) is 16.3 Å². The molecular formula is C12H10ClN3O3. The van der Waals surface area contributed by atoms with Crippen LogP contribution in [0.25, 0.3) is 0 Å². The summed E-state index contributed by atoms with van der Waals surface area (Å²) in [6.45, 7) is 1.91. The highest BCUT2D eigenvalue weighted by molar-refractivity contribution is 6.30. The van der Waals surface area contributed by atoms with Gasteiger partial charge in [-0.2, -0.15) is 0 Å². The number of hydrogen-bond acceptors (Lipinski definition) is 5. The molecule has 0 radical (unpaired) electrons. The van der Waals surface area contributed by atoms with Gasteiger partial charge in [0.1, 0.15) is 17.2 Å². The van der Waals surface area contributed by atoms with Gasteiger partial charge in [-0.25, -0.2) is 9.97 Å². The summed E-state index contributed by atoms with van der Waals surface area (Å²) in [6.07, 6.45) is 1.93. The Morgan fingerprint density at radius 1 is 1.32 bits per heavy atom. The lowest BCUT2D eigenvalue weighted by atomic mass is 10.2. The van der Waals surface area contributed by atoms with Crippen molar-refractivity contribution in [2.24, 2.45) is 0 Å². The van der Waals surface area contributed by atoms with Crippen LogP contribution in [0.5, 0.6) is 11.6 Å². The molecule has 0 saturated carbocycles. The molecule has 0 amide bonds. The minimum atomic E-state index is -0.469. The van der Waals surface area contributed by atoms with Crippen LogP contribution >= 0.6 is 11.6 Å². The zero-order valence-corrected chi connectivity index (χ0v) is 10.8. The number of halogens is 1. The molecular weight excluding hydrogens is 270 g/mol. The van der Waals surface area contributed by atoms with Gasteiger partial charge in [-0.15, -0.1) is 0 Å². The highest BCUT2D eigenvalue weighted by Crippen LogP contribution is 2.28. The third kappa shape index (κ3) is 2.97. The molecule has 7 heteroatoms.